The molecule has 0 aliphatic carbocycles. The Labute approximate surface area is 107 Å². The van der Waals surface area contributed by atoms with Crippen molar-refractivity contribution in [3.8, 4) is 0 Å². The molecule has 0 aromatic heterocycles. The van der Waals surface area contributed by atoms with Crippen molar-refractivity contribution in [2.24, 2.45) is 0 Å². The van der Waals surface area contributed by atoms with Crippen molar-refractivity contribution in [1.29, 1.82) is 0 Å². The summed E-state index contributed by atoms with van der Waals surface area (Å²) in [5.41, 5.74) is 2.70. The lowest BCUT2D eigenvalue weighted by atomic mass is 10.0. The van der Waals surface area contributed by atoms with Crippen molar-refractivity contribution in [3.63, 3.8) is 0 Å². The van der Waals surface area contributed by atoms with Gasteiger partial charge in [0.05, 0.1) is 0 Å². The summed E-state index contributed by atoms with van der Waals surface area (Å²) in [6.45, 7) is 6.25. The predicted octanol–water partition coefficient (Wildman–Crippen LogP) is 2.67. The Morgan fingerprint density at radius 3 is 2.41 bits per heavy atom. The van der Waals surface area contributed by atoms with Crippen molar-refractivity contribution >= 4 is 10.8 Å². The second-order valence-electron chi connectivity index (χ2n) is 4.70. The van der Waals surface area contributed by atoms with Crippen molar-refractivity contribution < 1.29 is 4.21 Å². The smallest absolute Gasteiger partial charge is 0.0244 e. The first-order chi connectivity index (χ1) is 8.09. The van der Waals surface area contributed by atoms with Gasteiger partial charge in [0.15, 0.2) is 0 Å². The number of hydrogen-bond donors (Lipinski definition) is 1. The van der Waals surface area contributed by atoms with E-state index in [0.29, 0.717) is 5.92 Å². The molecule has 17 heavy (non-hydrogen) atoms. The number of benzene rings is 1. The average molecular weight is 253 g/mol. The topological polar surface area (TPSA) is 29.1 Å². The minimum absolute atomic E-state index is 0.594. The molecule has 0 saturated carbocycles. The van der Waals surface area contributed by atoms with Crippen LogP contribution in [0.15, 0.2) is 24.3 Å². The number of nitrogens with one attached hydrogen (secondary N) is 1. The summed E-state index contributed by atoms with van der Waals surface area (Å²) >= 11 is 0. The van der Waals surface area contributed by atoms with Gasteiger partial charge in [0.2, 0.25) is 0 Å². The fourth-order valence-electron chi connectivity index (χ4n) is 1.65. The molecule has 0 amide bonds. The monoisotopic (exact) mass is 253 g/mol. The molecule has 1 N–H and O–H groups in total. The molecule has 0 fully saturated rings. The first-order valence-corrected chi connectivity index (χ1v) is 7.92. The third-order valence-corrected chi connectivity index (χ3v) is 3.62. The second kappa shape index (κ2) is 7.62. The molecule has 1 unspecified atom stereocenters. The van der Waals surface area contributed by atoms with Gasteiger partial charge in [-0.2, -0.15) is 0 Å². The highest BCUT2D eigenvalue weighted by Gasteiger charge is 1.98. The molecule has 0 radical (unpaired) electrons. The van der Waals surface area contributed by atoms with Crippen molar-refractivity contribution in [1.82, 2.24) is 5.32 Å². The van der Waals surface area contributed by atoms with E-state index in [9.17, 15) is 4.21 Å². The van der Waals surface area contributed by atoms with Crippen LogP contribution < -0.4 is 5.32 Å². The van der Waals surface area contributed by atoms with Gasteiger partial charge in [-0.25, -0.2) is 0 Å². The fourth-order valence-corrected chi connectivity index (χ4v) is 2.20. The van der Waals surface area contributed by atoms with Crippen LogP contribution in [0, 0.1) is 0 Å². The van der Waals surface area contributed by atoms with Crippen LogP contribution in [-0.4, -0.2) is 22.8 Å². The van der Waals surface area contributed by atoms with E-state index in [1.165, 1.54) is 11.1 Å². The van der Waals surface area contributed by atoms with Crippen LogP contribution in [0.25, 0.3) is 0 Å². The van der Waals surface area contributed by atoms with E-state index in [1.54, 1.807) is 6.26 Å². The summed E-state index contributed by atoms with van der Waals surface area (Å²) in [4.78, 5) is 0. The van der Waals surface area contributed by atoms with Crippen molar-refractivity contribution in [2.45, 2.75) is 32.7 Å². The molecule has 0 spiro atoms. The Morgan fingerprint density at radius 2 is 1.88 bits per heavy atom. The van der Waals surface area contributed by atoms with Gasteiger partial charge in [-0.3, -0.25) is 4.21 Å². The molecule has 0 saturated heterocycles. The van der Waals surface area contributed by atoms with E-state index in [4.69, 9.17) is 0 Å². The zero-order chi connectivity index (χ0) is 12.7. The summed E-state index contributed by atoms with van der Waals surface area (Å²) in [5, 5.41) is 3.37. The van der Waals surface area contributed by atoms with Gasteiger partial charge < -0.3 is 5.32 Å². The zero-order valence-corrected chi connectivity index (χ0v) is 11.8. The third kappa shape index (κ3) is 5.99. The predicted molar refractivity (Wildman–Crippen MR) is 75.8 cm³/mol. The van der Waals surface area contributed by atoms with Gasteiger partial charge in [-0.15, -0.1) is 0 Å². The molecule has 0 bridgehead atoms. The van der Waals surface area contributed by atoms with Crippen LogP contribution in [0.3, 0.4) is 0 Å². The number of hydrogen-bond acceptors (Lipinski definition) is 2. The minimum atomic E-state index is -0.662. The van der Waals surface area contributed by atoms with E-state index in [2.05, 4.69) is 43.4 Å². The maximum Gasteiger partial charge on any atom is 0.0244 e. The van der Waals surface area contributed by atoms with Gasteiger partial charge in [0.1, 0.15) is 0 Å². The van der Waals surface area contributed by atoms with Crippen LogP contribution >= 0.6 is 0 Å². The lowest BCUT2D eigenvalue weighted by Gasteiger charge is -2.08. The second-order valence-corrected chi connectivity index (χ2v) is 6.26. The molecule has 1 atom stereocenters. The summed E-state index contributed by atoms with van der Waals surface area (Å²) in [6, 6.07) is 8.76. The molecule has 0 aliphatic rings. The van der Waals surface area contributed by atoms with E-state index >= 15 is 0 Å². The quantitative estimate of drug-likeness (QED) is 0.757. The van der Waals surface area contributed by atoms with Gasteiger partial charge in [0.25, 0.3) is 0 Å². The van der Waals surface area contributed by atoms with Crippen molar-refractivity contribution in [3.05, 3.63) is 35.4 Å². The van der Waals surface area contributed by atoms with Crippen LogP contribution in [0.4, 0.5) is 0 Å². The lowest BCUT2D eigenvalue weighted by Crippen LogP contribution is -2.16. The number of rotatable bonds is 7. The maximum absolute atomic E-state index is 10.9. The zero-order valence-electron chi connectivity index (χ0n) is 11.0. The van der Waals surface area contributed by atoms with E-state index in [-0.39, 0.29) is 0 Å². The summed E-state index contributed by atoms with van der Waals surface area (Å²) in [7, 11) is -0.662. The fraction of sp³-hybridized carbons (Fsp3) is 0.571. The Morgan fingerprint density at radius 1 is 1.24 bits per heavy atom. The molecular formula is C14H23NOS. The molecule has 1 rings (SSSR count). The molecule has 3 heteroatoms. The lowest BCUT2D eigenvalue weighted by molar-refractivity contribution is 0.662. The first-order valence-electron chi connectivity index (χ1n) is 6.19. The third-order valence-electron chi connectivity index (χ3n) is 2.76. The SMILES string of the molecule is CC(C)c1ccc(CNCCCS(C)=O)cc1. The first kappa shape index (κ1) is 14.4. The maximum atomic E-state index is 10.9. The standard InChI is InChI=1S/C14H23NOS/c1-12(2)14-7-5-13(6-8-14)11-15-9-4-10-17(3)16/h5-8,12,15H,4,9-11H2,1-3H3. The van der Waals surface area contributed by atoms with Gasteiger partial charge in [-0.05, 0) is 30.0 Å². The molecule has 1 aromatic rings. The van der Waals surface area contributed by atoms with Crippen LogP contribution in [-0.2, 0) is 17.3 Å². The van der Waals surface area contributed by atoms with Crippen LogP contribution in [0.5, 0.6) is 0 Å². The average Bonchev–Trinajstić information content (AvgIpc) is 2.29. The van der Waals surface area contributed by atoms with E-state index in [1.807, 2.05) is 0 Å². The summed E-state index contributed by atoms with van der Waals surface area (Å²) < 4.78 is 10.9. The molecule has 96 valence electrons. The van der Waals surface area contributed by atoms with Crippen molar-refractivity contribution in [2.75, 3.05) is 18.6 Å². The largest absolute Gasteiger partial charge is 0.313 e. The normalized spacial score (nSPS) is 12.9. The molecule has 0 aliphatic heterocycles. The molecule has 1 aromatic carbocycles. The summed E-state index contributed by atoms with van der Waals surface area (Å²) in [6.07, 6.45) is 2.73. The Hall–Kier alpha value is -0.670. The highest BCUT2D eigenvalue weighted by molar-refractivity contribution is 7.84. The van der Waals surface area contributed by atoms with E-state index < -0.39 is 10.8 Å². The van der Waals surface area contributed by atoms with Gasteiger partial charge in [-0.1, -0.05) is 38.1 Å². The van der Waals surface area contributed by atoms with Crippen LogP contribution in [0.1, 0.15) is 37.3 Å². The Balaban J connectivity index is 2.25. The Bertz CT molecular complexity index is 346. The Kier molecular flexibility index (Phi) is 6.45. The summed E-state index contributed by atoms with van der Waals surface area (Å²) in [5.74, 6) is 1.38. The van der Waals surface area contributed by atoms with Gasteiger partial charge in [0, 0.05) is 29.4 Å². The van der Waals surface area contributed by atoms with Crippen LogP contribution in [0.2, 0.25) is 0 Å². The molecule has 2 nitrogen and oxygen atoms in total. The van der Waals surface area contributed by atoms with Gasteiger partial charge >= 0.3 is 0 Å². The highest BCUT2D eigenvalue weighted by atomic mass is 32.2. The highest BCUT2D eigenvalue weighted by Crippen LogP contribution is 2.14. The molecule has 0 heterocycles. The van der Waals surface area contributed by atoms with E-state index in [0.717, 1.165) is 25.3 Å². The molecular weight excluding hydrogens is 230 g/mol. The minimum Gasteiger partial charge on any atom is -0.313 e.